The first-order valence-corrected chi connectivity index (χ1v) is 5.00. The van der Waals surface area contributed by atoms with E-state index < -0.39 is 0 Å². The van der Waals surface area contributed by atoms with E-state index in [-0.39, 0.29) is 0 Å². The van der Waals surface area contributed by atoms with Crippen LogP contribution in [0.25, 0.3) is 5.52 Å². The lowest BCUT2D eigenvalue weighted by atomic mass is 10.4. The summed E-state index contributed by atoms with van der Waals surface area (Å²) in [6.07, 6.45) is 2.55. The lowest BCUT2D eigenvalue weighted by molar-refractivity contribution is 0.863. The van der Waals surface area contributed by atoms with E-state index in [2.05, 4.69) is 4.98 Å². The Morgan fingerprint density at radius 2 is 2.21 bits per heavy atom. The molecule has 0 aliphatic heterocycles. The molecule has 5 heteroatoms. The molecule has 0 aromatic carbocycles. The number of hydrogen-bond donors (Lipinski definition) is 1. The van der Waals surface area contributed by atoms with Gasteiger partial charge in [0.2, 0.25) is 0 Å². The normalized spacial score (nSPS) is 11.1. The van der Waals surface area contributed by atoms with Gasteiger partial charge in [-0.1, -0.05) is 23.2 Å². The molecule has 2 aromatic heterocycles. The van der Waals surface area contributed by atoms with E-state index in [4.69, 9.17) is 28.9 Å². The number of fused-ring (bicyclic) bond motifs is 1. The van der Waals surface area contributed by atoms with Gasteiger partial charge in [-0.2, -0.15) is 0 Å². The molecule has 2 heterocycles. The Kier molecular flexibility index (Phi) is 2.63. The van der Waals surface area contributed by atoms with Gasteiger partial charge in [0.15, 0.2) is 5.15 Å². The summed E-state index contributed by atoms with van der Waals surface area (Å²) >= 11 is 11.8. The fraction of sp³-hybridized carbons (Fsp3) is 0.222. The second-order valence-corrected chi connectivity index (χ2v) is 3.75. The van der Waals surface area contributed by atoms with Crippen LogP contribution < -0.4 is 5.73 Å². The van der Waals surface area contributed by atoms with Gasteiger partial charge in [0.05, 0.1) is 5.52 Å². The number of aromatic nitrogens is 2. The minimum Gasteiger partial charge on any atom is -0.330 e. The van der Waals surface area contributed by atoms with Crippen LogP contribution in [0.15, 0.2) is 18.3 Å². The van der Waals surface area contributed by atoms with Crippen LogP contribution in [-0.2, 0) is 6.42 Å². The molecule has 2 rings (SSSR count). The standard InChI is InChI=1S/C9H9Cl2N3/c10-6-2-4-14-7(5-6)9(11)13-8(14)1-3-12/h2,4-5H,1,3,12H2. The maximum absolute atomic E-state index is 5.95. The Balaban J connectivity index is 2.65. The minimum absolute atomic E-state index is 0.468. The van der Waals surface area contributed by atoms with Crippen molar-refractivity contribution in [3.63, 3.8) is 0 Å². The highest BCUT2D eigenvalue weighted by Gasteiger charge is 2.08. The van der Waals surface area contributed by atoms with Crippen molar-refractivity contribution in [2.45, 2.75) is 6.42 Å². The molecule has 0 unspecified atom stereocenters. The number of rotatable bonds is 2. The van der Waals surface area contributed by atoms with Crippen LogP contribution in [0.4, 0.5) is 0 Å². The molecule has 0 bridgehead atoms. The van der Waals surface area contributed by atoms with Crippen LogP contribution in [0.1, 0.15) is 5.82 Å². The molecule has 3 nitrogen and oxygen atoms in total. The van der Waals surface area contributed by atoms with Gasteiger partial charge in [0, 0.05) is 17.6 Å². The van der Waals surface area contributed by atoms with Gasteiger partial charge in [-0.25, -0.2) is 4.98 Å². The van der Waals surface area contributed by atoms with Crippen LogP contribution in [0.2, 0.25) is 10.2 Å². The molecule has 14 heavy (non-hydrogen) atoms. The number of nitrogens with two attached hydrogens (primary N) is 1. The molecule has 0 aliphatic rings. The third-order valence-corrected chi connectivity index (χ3v) is 2.51. The fourth-order valence-corrected chi connectivity index (χ4v) is 1.79. The van der Waals surface area contributed by atoms with E-state index in [0.29, 0.717) is 23.1 Å². The number of halogens is 2. The zero-order valence-electron chi connectivity index (χ0n) is 7.37. The Morgan fingerprint density at radius 3 is 2.93 bits per heavy atom. The minimum atomic E-state index is 0.468. The van der Waals surface area contributed by atoms with Gasteiger partial charge in [0.1, 0.15) is 5.82 Å². The molecule has 0 saturated carbocycles. The smallest absolute Gasteiger partial charge is 0.155 e. The highest BCUT2D eigenvalue weighted by atomic mass is 35.5. The summed E-state index contributed by atoms with van der Waals surface area (Å²) in [5.74, 6) is 0.865. The van der Waals surface area contributed by atoms with Crippen LogP contribution in [0.3, 0.4) is 0 Å². The Hall–Kier alpha value is -0.770. The summed E-state index contributed by atoms with van der Waals surface area (Å²) in [4.78, 5) is 4.21. The molecule has 0 amide bonds. The van der Waals surface area contributed by atoms with E-state index in [0.717, 1.165) is 11.3 Å². The number of pyridine rings is 1. The monoisotopic (exact) mass is 229 g/mol. The number of imidazole rings is 1. The van der Waals surface area contributed by atoms with Crippen molar-refractivity contribution in [2.75, 3.05) is 6.54 Å². The molecule has 2 N–H and O–H groups in total. The van der Waals surface area contributed by atoms with Gasteiger partial charge in [-0.15, -0.1) is 0 Å². The van der Waals surface area contributed by atoms with E-state index in [1.165, 1.54) is 0 Å². The van der Waals surface area contributed by atoms with Crippen LogP contribution in [0, 0.1) is 0 Å². The molecule has 74 valence electrons. The number of hydrogen-bond acceptors (Lipinski definition) is 2. The molecular formula is C9H9Cl2N3. The third-order valence-electron chi connectivity index (χ3n) is 2.00. The molecule has 0 saturated heterocycles. The molecule has 0 spiro atoms. The lowest BCUT2D eigenvalue weighted by Gasteiger charge is -1.98. The summed E-state index contributed by atoms with van der Waals surface area (Å²) < 4.78 is 1.90. The van der Waals surface area contributed by atoms with Crippen molar-refractivity contribution in [1.82, 2.24) is 9.38 Å². The van der Waals surface area contributed by atoms with Crippen molar-refractivity contribution in [3.8, 4) is 0 Å². The molecule has 0 atom stereocenters. The van der Waals surface area contributed by atoms with Gasteiger partial charge in [-0.05, 0) is 18.7 Å². The van der Waals surface area contributed by atoms with Crippen molar-refractivity contribution in [1.29, 1.82) is 0 Å². The summed E-state index contributed by atoms with van der Waals surface area (Å²) in [5.41, 5.74) is 6.29. The third kappa shape index (κ3) is 1.59. The average Bonchev–Trinajstić information content (AvgIpc) is 2.44. The zero-order valence-corrected chi connectivity index (χ0v) is 8.89. The van der Waals surface area contributed by atoms with E-state index in [1.54, 1.807) is 12.1 Å². The van der Waals surface area contributed by atoms with Gasteiger partial charge in [0.25, 0.3) is 0 Å². The molecule has 0 fully saturated rings. The van der Waals surface area contributed by atoms with Crippen LogP contribution in [-0.4, -0.2) is 15.9 Å². The molecule has 2 aromatic rings. The van der Waals surface area contributed by atoms with Crippen LogP contribution in [0.5, 0.6) is 0 Å². The Morgan fingerprint density at radius 1 is 1.43 bits per heavy atom. The first kappa shape index (κ1) is 9.77. The Labute approximate surface area is 91.4 Å². The number of nitrogens with zero attached hydrogens (tertiary/aromatic N) is 2. The van der Waals surface area contributed by atoms with Gasteiger partial charge in [-0.3, -0.25) is 0 Å². The van der Waals surface area contributed by atoms with Gasteiger partial charge >= 0.3 is 0 Å². The predicted molar refractivity (Wildman–Crippen MR) is 58.0 cm³/mol. The zero-order chi connectivity index (χ0) is 10.1. The van der Waals surface area contributed by atoms with Crippen molar-refractivity contribution in [3.05, 3.63) is 34.3 Å². The topological polar surface area (TPSA) is 43.3 Å². The SMILES string of the molecule is NCCc1nc(Cl)c2cc(Cl)ccn12. The summed E-state index contributed by atoms with van der Waals surface area (Å²) in [6, 6.07) is 3.59. The maximum Gasteiger partial charge on any atom is 0.155 e. The first-order chi connectivity index (χ1) is 6.72. The van der Waals surface area contributed by atoms with Crippen molar-refractivity contribution in [2.24, 2.45) is 5.73 Å². The average molecular weight is 230 g/mol. The fourth-order valence-electron chi connectivity index (χ4n) is 1.39. The molecule has 0 radical (unpaired) electrons. The van der Waals surface area contributed by atoms with E-state index in [9.17, 15) is 0 Å². The summed E-state index contributed by atoms with van der Waals surface area (Å²) in [7, 11) is 0. The molecule has 0 aliphatic carbocycles. The predicted octanol–water partition coefficient (Wildman–Crippen LogP) is 2.14. The van der Waals surface area contributed by atoms with E-state index in [1.807, 2.05) is 10.6 Å². The highest BCUT2D eigenvalue weighted by Crippen LogP contribution is 2.21. The molecular weight excluding hydrogens is 221 g/mol. The lowest BCUT2D eigenvalue weighted by Crippen LogP contribution is -2.06. The first-order valence-electron chi connectivity index (χ1n) is 4.24. The maximum atomic E-state index is 5.95. The van der Waals surface area contributed by atoms with Crippen molar-refractivity contribution < 1.29 is 0 Å². The van der Waals surface area contributed by atoms with E-state index >= 15 is 0 Å². The summed E-state index contributed by atoms with van der Waals surface area (Å²) in [6.45, 7) is 0.554. The van der Waals surface area contributed by atoms with Crippen LogP contribution >= 0.6 is 23.2 Å². The largest absolute Gasteiger partial charge is 0.330 e. The van der Waals surface area contributed by atoms with Crippen molar-refractivity contribution >= 4 is 28.7 Å². The second-order valence-electron chi connectivity index (χ2n) is 2.96. The van der Waals surface area contributed by atoms with Gasteiger partial charge < -0.3 is 10.1 Å². The quantitative estimate of drug-likeness (QED) is 0.858. The second kappa shape index (κ2) is 3.77. The highest BCUT2D eigenvalue weighted by molar-refractivity contribution is 6.34. The summed E-state index contributed by atoms with van der Waals surface area (Å²) in [5, 5.41) is 1.12. The Bertz CT molecular complexity index is 464.